The Labute approximate surface area is 307 Å². The average molecular weight is 656 g/mol. The monoisotopic (exact) mass is 655 g/mol. The van der Waals surface area contributed by atoms with Gasteiger partial charge in [0.1, 0.15) is 11.2 Å². The molecule has 1 nitrogen and oxygen atoms in total. The lowest BCUT2D eigenvalue weighted by Gasteiger charge is -2.20. The number of benzene rings is 10. The van der Waals surface area contributed by atoms with E-state index in [0.717, 1.165) is 49.0 Å². The highest BCUT2D eigenvalue weighted by Gasteiger charge is 2.20. The fourth-order valence-corrected chi connectivity index (χ4v) is 7.94. The molecule has 0 unspecified atom stereocenters. The Bertz CT molecular complexity index is 3660. The molecule has 1 heterocycles. The van der Waals surface area contributed by atoms with E-state index in [-0.39, 0.29) is 68.5 Å². The predicted molar refractivity (Wildman–Crippen MR) is 218 cm³/mol. The van der Waals surface area contributed by atoms with Gasteiger partial charge in [0, 0.05) is 10.8 Å². The van der Waals surface area contributed by atoms with E-state index >= 15 is 0 Å². The highest BCUT2D eigenvalue weighted by atomic mass is 16.3. The maximum absolute atomic E-state index is 9.32. The highest BCUT2D eigenvalue weighted by Crippen LogP contribution is 2.47. The first-order valence-electron chi connectivity index (χ1n) is 21.4. The summed E-state index contributed by atoms with van der Waals surface area (Å²) >= 11 is 0. The number of furan rings is 1. The van der Waals surface area contributed by atoms with Crippen LogP contribution in [0.4, 0.5) is 0 Å². The van der Waals surface area contributed by atoms with Crippen LogP contribution in [-0.2, 0) is 0 Å². The van der Waals surface area contributed by atoms with Crippen molar-refractivity contribution >= 4 is 75.8 Å². The first-order chi connectivity index (χ1) is 29.1. The lowest BCUT2D eigenvalue weighted by molar-refractivity contribution is 0.669. The van der Waals surface area contributed by atoms with Gasteiger partial charge in [0.05, 0.1) is 12.3 Å². The molecule has 0 fully saturated rings. The normalized spacial score (nSPS) is 14.4. The summed E-state index contributed by atoms with van der Waals surface area (Å²) in [5.41, 5.74) is 4.96. The molecule has 0 saturated carbocycles. The molecule has 0 aliphatic heterocycles. The second kappa shape index (κ2) is 10.9. The Hall–Kier alpha value is -6.70. The lowest BCUT2D eigenvalue weighted by atomic mass is 9.83. The van der Waals surface area contributed by atoms with E-state index in [2.05, 4.69) is 97.1 Å². The molecular weight excluding hydrogens is 617 g/mol. The molecule has 0 amide bonds. The first-order valence-corrected chi connectivity index (χ1v) is 16.9. The predicted octanol–water partition coefficient (Wildman–Crippen LogP) is 14.4. The van der Waals surface area contributed by atoms with E-state index in [9.17, 15) is 2.74 Å². The zero-order valence-electron chi connectivity index (χ0n) is 36.0. The van der Waals surface area contributed by atoms with Crippen molar-refractivity contribution in [1.82, 2.24) is 0 Å². The third-order valence-electron chi connectivity index (χ3n) is 10.1. The van der Waals surface area contributed by atoms with Crippen LogP contribution in [0, 0.1) is 0 Å². The van der Waals surface area contributed by atoms with Crippen LogP contribution in [0.15, 0.2) is 186 Å². The molecule has 10 aromatic carbocycles. The summed E-state index contributed by atoms with van der Waals surface area (Å²) in [6.45, 7) is 0. The molecule has 236 valence electrons. The Morgan fingerprint density at radius 2 is 0.941 bits per heavy atom. The molecule has 1 heteroatoms. The quantitative estimate of drug-likeness (QED) is 0.173. The van der Waals surface area contributed by atoms with E-state index in [1.165, 1.54) is 16.3 Å². The Morgan fingerprint density at radius 1 is 0.373 bits per heavy atom. The fourth-order valence-electron chi connectivity index (χ4n) is 7.94. The van der Waals surface area contributed by atoms with Gasteiger partial charge in [0.15, 0.2) is 0 Å². The third kappa shape index (κ3) is 4.22. The van der Waals surface area contributed by atoms with Crippen molar-refractivity contribution < 1.29 is 16.8 Å². The van der Waals surface area contributed by atoms with Crippen molar-refractivity contribution in [2.24, 2.45) is 0 Å². The molecule has 0 atom stereocenters. The zero-order valence-corrected chi connectivity index (χ0v) is 27.0. The SMILES string of the molecule is [2H]c1c([2H])c(-c2ccc3c(-c4c5ccccc5c(-c5cccc6ccccc56)c5ccccc45)cccc3c2)c2c(oc3c([2H])c4c([2H])c([2H])c([2H])c([2H])c4c([2H])c32)c1[2H]. The van der Waals surface area contributed by atoms with Crippen molar-refractivity contribution in [3.8, 4) is 33.4 Å². The molecule has 0 aliphatic rings. The molecule has 11 aromatic rings. The molecule has 0 spiro atoms. The highest BCUT2D eigenvalue weighted by molar-refractivity contribution is 6.25. The van der Waals surface area contributed by atoms with Crippen LogP contribution in [-0.4, -0.2) is 0 Å². The van der Waals surface area contributed by atoms with Crippen LogP contribution in [0.1, 0.15) is 12.3 Å². The van der Waals surface area contributed by atoms with Crippen molar-refractivity contribution in [3.05, 3.63) is 182 Å². The minimum atomic E-state index is -0.531. The van der Waals surface area contributed by atoms with E-state index in [0.29, 0.717) is 5.56 Å². The molecular formula is C50H30O. The van der Waals surface area contributed by atoms with Crippen LogP contribution < -0.4 is 0 Å². The van der Waals surface area contributed by atoms with Gasteiger partial charge < -0.3 is 4.42 Å². The van der Waals surface area contributed by atoms with Gasteiger partial charge in [-0.15, -0.1) is 0 Å². The first kappa shape index (κ1) is 20.7. The molecule has 0 radical (unpaired) electrons. The van der Waals surface area contributed by atoms with Gasteiger partial charge in [-0.1, -0.05) is 158 Å². The number of hydrogen-bond acceptors (Lipinski definition) is 1. The molecule has 0 bridgehead atoms. The summed E-state index contributed by atoms with van der Waals surface area (Å²) in [6, 6.07) is 40.2. The topological polar surface area (TPSA) is 13.1 Å². The molecule has 0 N–H and O–H groups in total. The number of hydrogen-bond donors (Lipinski definition) is 0. The van der Waals surface area contributed by atoms with Crippen molar-refractivity contribution in [2.45, 2.75) is 0 Å². The lowest BCUT2D eigenvalue weighted by Crippen LogP contribution is -1.92. The van der Waals surface area contributed by atoms with Crippen LogP contribution in [0.3, 0.4) is 0 Å². The largest absolute Gasteiger partial charge is 0.456 e. The summed E-state index contributed by atoms with van der Waals surface area (Å²) in [4.78, 5) is 0. The van der Waals surface area contributed by atoms with Gasteiger partial charge >= 0.3 is 0 Å². The van der Waals surface area contributed by atoms with Crippen molar-refractivity contribution in [1.29, 1.82) is 0 Å². The van der Waals surface area contributed by atoms with Crippen LogP contribution in [0.2, 0.25) is 0 Å². The summed E-state index contributed by atoms with van der Waals surface area (Å²) in [5, 5.41) is 8.53. The second-order valence-corrected chi connectivity index (χ2v) is 12.9. The minimum Gasteiger partial charge on any atom is -0.456 e. The summed E-state index contributed by atoms with van der Waals surface area (Å²) < 4.78 is 85.2. The molecule has 0 saturated heterocycles. The zero-order chi connectivity index (χ0) is 41.3. The standard InChI is InChI=1S/C50H30O/c1-2-14-33-30-47-45(29-32(33)13-1)50-38(22-11-25-46(50)51-47)35-26-27-37-34(28-35)16-10-24-40(37)49-43-20-7-5-18-41(43)48(42-19-6-8-21-44(42)49)39-23-9-15-31-12-3-4-17-36(31)39/h1-30H/i1D,2D,11D,13D,14D,22D,25D,29D,30D. The van der Waals surface area contributed by atoms with Gasteiger partial charge in [-0.3, -0.25) is 0 Å². The van der Waals surface area contributed by atoms with Crippen LogP contribution >= 0.6 is 0 Å². The second-order valence-electron chi connectivity index (χ2n) is 12.9. The fraction of sp³-hybridized carbons (Fsp3) is 0. The maximum Gasteiger partial charge on any atom is 0.136 e. The molecule has 0 aliphatic carbocycles. The number of rotatable bonds is 3. The summed E-state index contributed by atoms with van der Waals surface area (Å²) in [5.74, 6) is 0. The Balaban J connectivity index is 1.19. The van der Waals surface area contributed by atoms with E-state index in [4.69, 9.17) is 14.0 Å². The Morgan fingerprint density at radius 3 is 1.63 bits per heavy atom. The summed E-state index contributed by atoms with van der Waals surface area (Å²) in [7, 11) is 0. The van der Waals surface area contributed by atoms with Gasteiger partial charge in [0.2, 0.25) is 0 Å². The van der Waals surface area contributed by atoms with Crippen molar-refractivity contribution in [3.63, 3.8) is 0 Å². The van der Waals surface area contributed by atoms with Crippen LogP contribution in [0.5, 0.6) is 0 Å². The van der Waals surface area contributed by atoms with E-state index in [1.807, 2.05) is 30.3 Å². The molecule has 11 rings (SSSR count). The minimum absolute atomic E-state index is 0.0580. The average Bonchev–Trinajstić information content (AvgIpc) is 3.68. The third-order valence-corrected chi connectivity index (χ3v) is 10.1. The van der Waals surface area contributed by atoms with E-state index in [1.54, 1.807) is 0 Å². The Kier molecular flexibility index (Phi) is 4.43. The molecule has 1 aromatic heterocycles. The molecule has 51 heavy (non-hydrogen) atoms. The van der Waals surface area contributed by atoms with Gasteiger partial charge in [0.25, 0.3) is 0 Å². The number of fused-ring (bicyclic) bond motifs is 8. The van der Waals surface area contributed by atoms with Crippen molar-refractivity contribution in [2.75, 3.05) is 0 Å². The van der Waals surface area contributed by atoms with E-state index < -0.39 is 24.2 Å². The summed E-state index contributed by atoms with van der Waals surface area (Å²) in [6.07, 6.45) is 0. The smallest absolute Gasteiger partial charge is 0.136 e. The van der Waals surface area contributed by atoms with Gasteiger partial charge in [-0.2, -0.15) is 0 Å². The van der Waals surface area contributed by atoms with Gasteiger partial charge in [-0.25, -0.2) is 0 Å². The van der Waals surface area contributed by atoms with Crippen LogP contribution in [0.25, 0.3) is 109 Å². The van der Waals surface area contributed by atoms with Gasteiger partial charge in [-0.05, 0) is 111 Å². The maximum atomic E-state index is 9.32.